The third kappa shape index (κ3) is 4.39. The number of aromatic hydroxyl groups is 2. The van der Waals surface area contributed by atoms with Gasteiger partial charge < -0.3 is 10.2 Å². The van der Waals surface area contributed by atoms with Gasteiger partial charge in [-0.1, -0.05) is 24.3 Å². The second-order valence-corrected chi connectivity index (χ2v) is 4.44. The Morgan fingerprint density at radius 2 is 1.43 bits per heavy atom. The molecule has 6 heteroatoms. The Balaban J connectivity index is 1.94. The molecule has 0 spiro atoms. The van der Waals surface area contributed by atoms with E-state index in [1.165, 1.54) is 12.4 Å². The Hall–Kier alpha value is -2.73. The van der Waals surface area contributed by atoms with Crippen LogP contribution in [0.2, 0.25) is 0 Å². The number of aliphatic imine (C=N–C) groups is 1. The summed E-state index contributed by atoms with van der Waals surface area (Å²) in [6.45, 7) is 0. The summed E-state index contributed by atoms with van der Waals surface area (Å²) in [6, 6.07) is 13.6. The largest absolute Gasteiger partial charge is 0.507 e. The quantitative estimate of drug-likeness (QED) is 0.462. The summed E-state index contributed by atoms with van der Waals surface area (Å²) in [7, 11) is 0. The number of nitrogens with zero attached hydrogens (tertiary/aromatic N) is 2. The van der Waals surface area contributed by atoms with Crippen molar-refractivity contribution < 1.29 is 10.2 Å². The van der Waals surface area contributed by atoms with E-state index in [1.54, 1.807) is 48.5 Å². The Labute approximate surface area is 127 Å². The van der Waals surface area contributed by atoms with Crippen LogP contribution < -0.4 is 5.43 Å². The average molecular weight is 299 g/mol. The van der Waals surface area contributed by atoms with Gasteiger partial charge in [0.1, 0.15) is 11.5 Å². The van der Waals surface area contributed by atoms with Crippen LogP contribution in [0.5, 0.6) is 11.5 Å². The molecular weight excluding hydrogens is 286 g/mol. The van der Waals surface area contributed by atoms with Crippen LogP contribution in [0, 0.1) is 0 Å². The molecule has 0 aliphatic carbocycles. The first-order chi connectivity index (χ1) is 10.2. The van der Waals surface area contributed by atoms with Gasteiger partial charge in [0.15, 0.2) is 0 Å². The predicted octanol–water partition coefficient (Wildman–Crippen LogP) is 2.43. The highest BCUT2D eigenvalue weighted by atomic mass is 32.1. The van der Waals surface area contributed by atoms with E-state index in [1.807, 2.05) is 0 Å². The van der Waals surface area contributed by atoms with Gasteiger partial charge in [-0.15, -0.1) is 0 Å². The molecular formula is C15H13N3O2S. The maximum atomic E-state index is 9.57. The minimum Gasteiger partial charge on any atom is -0.507 e. The van der Waals surface area contributed by atoms with Gasteiger partial charge in [0.25, 0.3) is 0 Å². The smallest absolute Gasteiger partial charge is 0.213 e. The van der Waals surface area contributed by atoms with Crippen molar-refractivity contribution in [2.45, 2.75) is 0 Å². The number of hydrazone groups is 1. The van der Waals surface area contributed by atoms with Crippen molar-refractivity contribution in [1.29, 1.82) is 0 Å². The fourth-order valence-corrected chi connectivity index (χ4v) is 1.61. The van der Waals surface area contributed by atoms with E-state index in [-0.39, 0.29) is 16.6 Å². The Morgan fingerprint density at radius 3 is 2.00 bits per heavy atom. The molecule has 0 bridgehead atoms. The van der Waals surface area contributed by atoms with Crippen molar-refractivity contribution >= 4 is 29.8 Å². The Bertz CT molecular complexity index is 699. The van der Waals surface area contributed by atoms with Gasteiger partial charge in [-0.3, -0.25) is 5.43 Å². The number of benzene rings is 2. The number of nitrogens with one attached hydrogen (secondary N) is 1. The van der Waals surface area contributed by atoms with Crippen LogP contribution in [-0.4, -0.2) is 27.8 Å². The zero-order valence-electron chi connectivity index (χ0n) is 11.0. The molecule has 0 amide bonds. The van der Waals surface area contributed by atoms with Crippen molar-refractivity contribution in [1.82, 2.24) is 5.43 Å². The minimum atomic E-state index is 0.127. The maximum absolute atomic E-state index is 9.57. The van der Waals surface area contributed by atoms with Crippen LogP contribution >= 0.6 is 12.2 Å². The number of phenolic OH excluding ortho intramolecular Hbond substituents is 2. The highest BCUT2D eigenvalue weighted by molar-refractivity contribution is 7.80. The summed E-state index contributed by atoms with van der Waals surface area (Å²) < 4.78 is 0. The number of hydrogen-bond acceptors (Lipinski definition) is 4. The summed E-state index contributed by atoms with van der Waals surface area (Å²) in [5.41, 5.74) is 3.69. The van der Waals surface area contributed by atoms with E-state index in [4.69, 9.17) is 12.2 Å². The van der Waals surface area contributed by atoms with Gasteiger partial charge in [-0.25, -0.2) is 4.99 Å². The maximum Gasteiger partial charge on any atom is 0.213 e. The molecule has 0 fully saturated rings. The molecule has 0 saturated carbocycles. The van der Waals surface area contributed by atoms with E-state index < -0.39 is 0 Å². The van der Waals surface area contributed by atoms with Crippen LogP contribution in [0.15, 0.2) is 58.6 Å². The molecule has 21 heavy (non-hydrogen) atoms. The molecule has 2 aromatic carbocycles. The fourth-order valence-electron chi connectivity index (χ4n) is 1.51. The predicted molar refractivity (Wildman–Crippen MR) is 87.1 cm³/mol. The molecule has 0 saturated heterocycles. The van der Waals surface area contributed by atoms with Crippen LogP contribution in [-0.2, 0) is 0 Å². The lowest BCUT2D eigenvalue weighted by Gasteiger charge is -1.99. The number of para-hydroxylation sites is 2. The molecule has 0 aliphatic heterocycles. The molecule has 0 radical (unpaired) electrons. The van der Waals surface area contributed by atoms with Gasteiger partial charge in [-0.2, -0.15) is 5.10 Å². The summed E-state index contributed by atoms with van der Waals surface area (Å²) >= 11 is 4.98. The lowest BCUT2D eigenvalue weighted by atomic mass is 10.2. The van der Waals surface area contributed by atoms with Crippen LogP contribution in [0.4, 0.5) is 0 Å². The second-order valence-electron chi connectivity index (χ2n) is 4.05. The van der Waals surface area contributed by atoms with E-state index in [2.05, 4.69) is 15.5 Å². The third-order valence-electron chi connectivity index (χ3n) is 2.56. The highest BCUT2D eigenvalue weighted by Crippen LogP contribution is 2.13. The first kappa shape index (κ1) is 14.7. The summed E-state index contributed by atoms with van der Waals surface area (Å²) in [5, 5.41) is 23.1. The molecule has 0 aliphatic rings. The molecule has 0 aromatic heterocycles. The lowest BCUT2D eigenvalue weighted by Crippen LogP contribution is -2.12. The minimum absolute atomic E-state index is 0.127. The molecule has 2 aromatic rings. The van der Waals surface area contributed by atoms with Gasteiger partial charge in [-0.05, 0) is 36.5 Å². The summed E-state index contributed by atoms with van der Waals surface area (Å²) in [6.07, 6.45) is 2.89. The first-order valence-electron chi connectivity index (χ1n) is 6.10. The summed E-state index contributed by atoms with van der Waals surface area (Å²) in [5.74, 6) is 0.258. The van der Waals surface area contributed by atoms with Gasteiger partial charge in [0.05, 0.1) is 6.21 Å². The fraction of sp³-hybridized carbons (Fsp3) is 0. The van der Waals surface area contributed by atoms with Crippen molar-refractivity contribution in [3.63, 3.8) is 0 Å². The molecule has 0 atom stereocenters. The normalized spacial score (nSPS) is 11.0. The van der Waals surface area contributed by atoms with E-state index in [0.29, 0.717) is 11.1 Å². The number of hydrogen-bond donors (Lipinski definition) is 3. The van der Waals surface area contributed by atoms with Crippen LogP contribution in [0.1, 0.15) is 11.1 Å². The van der Waals surface area contributed by atoms with E-state index in [9.17, 15) is 10.2 Å². The van der Waals surface area contributed by atoms with Crippen molar-refractivity contribution in [2.75, 3.05) is 0 Å². The van der Waals surface area contributed by atoms with Gasteiger partial charge >= 0.3 is 0 Å². The Kier molecular flexibility index (Phi) is 5.00. The zero-order chi connectivity index (χ0) is 15.1. The molecule has 2 rings (SSSR count). The molecule has 5 nitrogen and oxygen atoms in total. The van der Waals surface area contributed by atoms with E-state index >= 15 is 0 Å². The van der Waals surface area contributed by atoms with Crippen molar-refractivity contribution in [3.05, 3.63) is 59.7 Å². The molecule has 106 valence electrons. The van der Waals surface area contributed by atoms with Crippen LogP contribution in [0.3, 0.4) is 0 Å². The number of phenols is 2. The number of thiocarbonyl (C=S) groups is 1. The highest BCUT2D eigenvalue weighted by Gasteiger charge is 1.97. The standard InChI is InChI=1S/C15H13N3O2S/c19-13-7-3-1-5-11(13)9-16-15(21)18-17-10-12-6-2-4-8-14(12)20/h1-10,19-20H,(H,18,21). The topological polar surface area (TPSA) is 77.2 Å². The van der Waals surface area contributed by atoms with Crippen molar-refractivity contribution in [3.8, 4) is 11.5 Å². The van der Waals surface area contributed by atoms with Crippen LogP contribution in [0.25, 0.3) is 0 Å². The van der Waals surface area contributed by atoms with Crippen molar-refractivity contribution in [2.24, 2.45) is 10.1 Å². The van der Waals surface area contributed by atoms with Gasteiger partial charge in [0, 0.05) is 17.3 Å². The lowest BCUT2D eigenvalue weighted by molar-refractivity contribution is 0.474. The zero-order valence-corrected chi connectivity index (χ0v) is 11.8. The van der Waals surface area contributed by atoms with E-state index in [0.717, 1.165) is 0 Å². The Morgan fingerprint density at radius 1 is 0.905 bits per heavy atom. The second kappa shape index (κ2) is 7.16. The monoisotopic (exact) mass is 299 g/mol. The SMILES string of the molecule is Oc1ccccc1C=NNC(=S)N=Cc1ccccc1O. The molecule has 3 N–H and O–H groups in total. The molecule has 0 heterocycles. The average Bonchev–Trinajstić information content (AvgIpc) is 2.48. The van der Waals surface area contributed by atoms with Gasteiger partial charge in [0.2, 0.25) is 5.11 Å². The third-order valence-corrected chi connectivity index (χ3v) is 2.75. The first-order valence-corrected chi connectivity index (χ1v) is 6.51. The summed E-state index contributed by atoms with van der Waals surface area (Å²) in [4.78, 5) is 3.97. The number of rotatable bonds is 3. The molecule has 0 unspecified atom stereocenters.